The third-order valence-electron chi connectivity index (χ3n) is 10.6. The fraction of sp³-hybridized carbons (Fsp3) is 0.343. The Bertz CT molecular complexity index is 2010. The Kier molecular flexibility index (Phi) is 8.05. The highest BCUT2D eigenvalue weighted by Crippen LogP contribution is 2.65. The first-order valence-corrected chi connectivity index (χ1v) is 16.8. The van der Waals surface area contributed by atoms with Crippen molar-refractivity contribution in [1.82, 2.24) is 9.99 Å². The van der Waals surface area contributed by atoms with E-state index in [1.54, 1.807) is 55.5 Å². The van der Waals surface area contributed by atoms with Crippen molar-refractivity contribution in [1.29, 1.82) is 0 Å². The zero-order valence-electron chi connectivity index (χ0n) is 26.7. The first-order valence-electron chi connectivity index (χ1n) is 15.7. The number of alkyl halides is 3. The summed E-state index contributed by atoms with van der Waals surface area (Å²) in [6.07, 6.45) is -2.94. The molecule has 10 nitrogen and oxygen atoms in total. The Balaban J connectivity index is 1.35. The Hall–Kier alpha value is -4.43. The van der Waals surface area contributed by atoms with Gasteiger partial charge in [0.1, 0.15) is 5.69 Å². The molecule has 4 amide bonds. The van der Waals surface area contributed by atoms with Crippen molar-refractivity contribution in [2.24, 2.45) is 29.1 Å². The van der Waals surface area contributed by atoms with E-state index in [0.717, 1.165) is 21.0 Å². The number of aromatic nitrogens is 1. The molecule has 0 unspecified atom stereocenters. The molecule has 1 aromatic heterocycles. The average Bonchev–Trinajstić information content (AvgIpc) is 3.44. The number of pyridine rings is 1. The maximum atomic E-state index is 14.6. The molecule has 2 saturated heterocycles. The van der Waals surface area contributed by atoms with Crippen LogP contribution in [0.5, 0.6) is 11.5 Å². The number of anilines is 2. The van der Waals surface area contributed by atoms with Gasteiger partial charge >= 0.3 is 6.18 Å². The molecule has 0 bridgehead atoms. The van der Waals surface area contributed by atoms with Gasteiger partial charge < -0.3 is 9.84 Å². The Morgan fingerprint density at radius 3 is 2.40 bits per heavy atom. The number of hydrazine groups is 1. The molecule has 2 aliphatic heterocycles. The number of amides is 4. The summed E-state index contributed by atoms with van der Waals surface area (Å²) < 4.78 is 46.7. The number of carbonyl (C=O) groups is 4. The van der Waals surface area contributed by atoms with E-state index < -0.39 is 76.3 Å². The van der Waals surface area contributed by atoms with Crippen molar-refractivity contribution < 1.29 is 42.2 Å². The lowest BCUT2D eigenvalue weighted by molar-refractivity contribution is -0.141. The number of allylic oxidation sites excluding steroid dienone is 2. The summed E-state index contributed by atoms with van der Waals surface area (Å²) in [6, 6.07) is 13.4. The van der Waals surface area contributed by atoms with Crippen LogP contribution in [0.25, 0.3) is 0 Å². The summed E-state index contributed by atoms with van der Waals surface area (Å²) in [4.78, 5) is 62.0. The number of nitrogens with zero attached hydrogens (tertiary/aromatic N) is 4. The van der Waals surface area contributed by atoms with Gasteiger partial charge in [-0.25, -0.2) is 9.88 Å². The van der Waals surface area contributed by atoms with Crippen molar-refractivity contribution in [3.8, 4) is 11.5 Å². The molecule has 2 aromatic carbocycles. The second-order valence-corrected chi connectivity index (χ2v) is 14.4. The third kappa shape index (κ3) is 4.85. The Morgan fingerprint density at radius 1 is 1.04 bits per heavy atom. The van der Waals surface area contributed by atoms with Crippen LogP contribution in [0.15, 0.2) is 70.7 Å². The normalized spacial score (nSPS) is 27.6. The highest BCUT2D eigenvalue weighted by Gasteiger charge is 2.68. The molecule has 1 N–H and O–H groups in total. The van der Waals surface area contributed by atoms with Crippen molar-refractivity contribution in [2.45, 2.75) is 31.9 Å². The number of aromatic hydroxyl groups is 1. The molecule has 3 aromatic rings. The summed E-state index contributed by atoms with van der Waals surface area (Å²) in [5, 5.41) is 13.0. The van der Waals surface area contributed by atoms with Gasteiger partial charge in [0.05, 0.1) is 41.0 Å². The Morgan fingerprint density at radius 2 is 1.74 bits per heavy atom. The standard InChI is InChI=1S/C35H29BrClF3N4O6/c1-34-22(31(47)43(33(34)49)17-7-5-4-6-8-17)15-20-18(27(34)21-13-16(36)14-24(50-3)28(21)45)9-10-19-26(20)32(48)44(30(19)46)42(2)29-23(37)11-12-25(41-29)35(38,39)40/h4-9,11-14,19-20,22,26-27,45H,10,15H2,1-3H3/t19-,20+,22-,26-,27+,34+/m0/s1. The molecule has 3 heterocycles. The SMILES string of the molecule is COc1cc(Br)cc([C@H]2C3=CC[C@@H]4C(=O)N(N(C)c5nc(C(F)(F)F)ccc5Cl)C(=O)[C@@H]4[C@@H]3C[C@H]3C(=O)N(c4ccccc4)C(=O)[C@@]23C)c1O. The molecular formula is C35H29BrClF3N4O6. The van der Waals surface area contributed by atoms with Crippen LogP contribution in [0.3, 0.4) is 0 Å². The number of phenols is 1. The molecule has 1 saturated carbocycles. The summed E-state index contributed by atoms with van der Waals surface area (Å²) in [5.74, 6) is -7.52. The lowest BCUT2D eigenvalue weighted by Gasteiger charge is -2.49. The lowest BCUT2D eigenvalue weighted by Crippen LogP contribution is -2.49. The number of phenolic OH excluding ortho intramolecular Hbond substituents is 1. The number of para-hydroxylation sites is 1. The van der Waals surface area contributed by atoms with E-state index in [0.29, 0.717) is 27.4 Å². The Labute approximate surface area is 297 Å². The summed E-state index contributed by atoms with van der Waals surface area (Å²) in [5.41, 5.74) is -1.43. The van der Waals surface area contributed by atoms with Crippen molar-refractivity contribution in [3.05, 3.63) is 87.0 Å². The maximum Gasteiger partial charge on any atom is 0.433 e. The molecule has 6 atom stereocenters. The largest absolute Gasteiger partial charge is 0.504 e. The lowest BCUT2D eigenvalue weighted by atomic mass is 9.51. The minimum atomic E-state index is -4.81. The number of imide groups is 2. The molecule has 2 aliphatic carbocycles. The van der Waals surface area contributed by atoms with Crippen LogP contribution in [0.2, 0.25) is 5.02 Å². The summed E-state index contributed by atoms with van der Waals surface area (Å²) in [7, 11) is 2.62. The van der Waals surface area contributed by atoms with E-state index in [1.165, 1.54) is 14.2 Å². The van der Waals surface area contributed by atoms with E-state index in [1.807, 2.05) is 0 Å². The van der Waals surface area contributed by atoms with Crippen molar-refractivity contribution >= 4 is 62.7 Å². The zero-order chi connectivity index (χ0) is 36.0. The van der Waals surface area contributed by atoms with Gasteiger partial charge in [0.2, 0.25) is 11.8 Å². The van der Waals surface area contributed by atoms with Crippen molar-refractivity contribution in [2.75, 3.05) is 24.1 Å². The van der Waals surface area contributed by atoms with E-state index in [9.17, 15) is 37.5 Å². The molecule has 50 heavy (non-hydrogen) atoms. The quantitative estimate of drug-likeness (QED) is 0.230. The predicted octanol–water partition coefficient (Wildman–Crippen LogP) is 6.51. The number of rotatable bonds is 5. The third-order valence-corrected chi connectivity index (χ3v) is 11.3. The maximum absolute atomic E-state index is 14.6. The number of hydrogen-bond donors (Lipinski definition) is 1. The van der Waals surface area contributed by atoms with Gasteiger partial charge in [-0.1, -0.05) is 57.4 Å². The van der Waals surface area contributed by atoms with Gasteiger partial charge in [0.25, 0.3) is 11.8 Å². The number of hydrogen-bond acceptors (Lipinski definition) is 8. The number of halogens is 5. The number of benzene rings is 2. The molecule has 3 fully saturated rings. The van der Waals surface area contributed by atoms with Crippen LogP contribution in [-0.4, -0.2) is 52.9 Å². The van der Waals surface area contributed by atoms with Crippen LogP contribution < -0.4 is 14.6 Å². The molecule has 0 radical (unpaired) electrons. The molecule has 7 rings (SSSR count). The van der Waals surface area contributed by atoms with Crippen LogP contribution in [0.4, 0.5) is 24.7 Å². The van der Waals surface area contributed by atoms with Crippen LogP contribution >= 0.6 is 27.5 Å². The monoisotopic (exact) mass is 772 g/mol. The topological polar surface area (TPSA) is 120 Å². The molecule has 260 valence electrons. The minimum absolute atomic E-state index is 0.0267. The van der Waals surface area contributed by atoms with Crippen molar-refractivity contribution in [3.63, 3.8) is 0 Å². The summed E-state index contributed by atoms with van der Waals surface area (Å²) in [6.45, 7) is 1.69. The molecule has 0 spiro atoms. The highest BCUT2D eigenvalue weighted by atomic mass is 79.9. The smallest absolute Gasteiger partial charge is 0.433 e. The molecular weight excluding hydrogens is 745 g/mol. The molecule has 4 aliphatic rings. The van der Waals surface area contributed by atoms with Gasteiger partial charge in [0.15, 0.2) is 17.3 Å². The number of fused-ring (bicyclic) bond motifs is 4. The number of ether oxygens (including phenoxy) is 1. The second kappa shape index (κ2) is 11.8. The fourth-order valence-electron chi connectivity index (χ4n) is 8.34. The first kappa shape index (κ1) is 34.0. The average molecular weight is 774 g/mol. The van der Waals surface area contributed by atoms with Crippen LogP contribution in [0, 0.1) is 29.1 Å². The first-order chi connectivity index (χ1) is 23.6. The van der Waals surface area contributed by atoms with Crippen LogP contribution in [0.1, 0.15) is 36.9 Å². The number of carbonyl (C=O) groups excluding carboxylic acids is 4. The van der Waals surface area contributed by atoms with Crippen LogP contribution in [-0.2, 0) is 25.4 Å². The number of methoxy groups -OCH3 is 1. The minimum Gasteiger partial charge on any atom is -0.504 e. The fourth-order valence-corrected chi connectivity index (χ4v) is 9.02. The van der Waals surface area contributed by atoms with Gasteiger partial charge in [-0.2, -0.15) is 18.2 Å². The zero-order valence-corrected chi connectivity index (χ0v) is 29.1. The van der Waals surface area contributed by atoms with E-state index >= 15 is 0 Å². The van der Waals surface area contributed by atoms with Gasteiger partial charge in [-0.15, -0.1) is 0 Å². The van der Waals surface area contributed by atoms with Gasteiger partial charge in [-0.3, -0.25) is 24.2 Å². The molecule has 15 heteroatoms. The summed E-state index contributed by atoms with van der Waals surface area (Å²) >= 11 is 9.71. The highest BCUT2D eigenvalue weighted by molar-refractivity contribution is 9.10. The van der Waals surface area contributed by atoms with E-state index in [4.69, 9.17) is 16.3 Å². The van der Waals surface area contributed by atoms with E-state index in [-0.39, 0.29) is 29.4 Å². The van der Waals surface area contributed by atoms with Gasteiger partial charge in [-0.05, 0) is 62.1 Å². The van der Waals surface area contributed by atoms with E-state index in [2.05, 4.69) is 20.9 Å². The second-order valence-electron chi connectivity index (χ2n) is 13.1. The van der Waals surface area contributed by atoms with Gasteiger partial charge in [0, 0.05) is 23.0 Å². The predicted molar refractivity (Wildman–Crippen MR) is 178 cm³/mol.